The quantitative estimate of drug-likeness (QED) is 0.0810. The topological polar surface area (TPSA) is 35.5 Å². The predicted molar refractivity (Wildman–Crippen MR) is 183 cm³/mol. The van der Waals surface area contributed by atoms with Crippen LogP contribution in [0, 0.1) is 35.5 Å². The van der Waals surface area contributed by atoms with E-state index in [2.05, 4.69) is 128 Å². The Morgan fingerprint density at radius 1 is 1.07 bits per heavy atom. The molecule has 3 nitrogen and oxygen atoms in total. The highest BCUT2D eigenvalue weighted by molar-refractivity contribution is 9.11. The highest BCUT2D eigenvalue weighted by Crippen LogP contribution is 2.42. The summed E-state index contributed by atoms with van der Waals surface area (Å²) in [5.74, 6) is 7.61. The summed E-state index contributed by atoms with van der Waals surface area (Å²) in [5.41, 5.74) is 0. The molecule has 1 fully saturated rings. The van der Waals surface area contributed by atoms with Crippen molar-refractivity contribution in [2.24, 2.45) is 23.7 Å². The van der Waals surface area contributed by atoms with Gasteiger partial charge in [0.15, 0.2) is 16.6 Å². The molecule has 0 bridgehead atoms. The van der Waals surface area contributed by atoms with Crippen molar-refractivity contribution in [1.82, 2.24) is 0 Å². The van der Waals surface area contributed by atoms with E-state index in [9.17, 15) is 4.79 Å². The van der Waals surface area contributed by atoms with Crippen molar-refractivity contribution in [2.45, 2.75) is 143 Å². The molecule has 6 heteroatoms. The van der Waals surface area contributed by atoms with Crippen LogP contribution in [-0.4, -0.2) is 35.1 Å². The number of hydrogen-bond acceptors (Lipinski definition) is 3. The molecule has 1 unspecified atom stereocenters. The maximum Gasteiger partial charge on any atom is 0.192 e. The molecule has 1 rings (SSSR count). The minimum absolute atomic E-state index is 0.0119. The number of rotatable bonds is 14. The molecule has 1 aliphatic rings. The average molecular weight is 654 g/mol. The first-order valence-electron chi connectivity index (χ1n) is 15.5. The van der Waals surface area contributed by atoms with E-state index in [4.69, 9.17) is 8.85 Å². The minimum atomic E-state index is -1.96. The lowest BCUT2D eigenvalue weighted by molar-refractivity contribution is -0.121. The summed E-state index contributed by atoms with van der Waals surface area (Å²) >= 11 is 3.81. The molecule has 5 atom stereocenters. The molecule has 0 spiro atoms. The molecule has 1 aliphatic carbocycles. The maximum atomic E-state index is 13.1. The van der Waals surface area contributed by atoms with Gasteiger partial charge < -0.3 is 8.85 Å². The molecule has 0 aromatic carbocycles. The zero-order valence-electron chi connectivity index (χ0n) is 28.2. The van der Waals surface area contributed by atoms with Crippen molar-refractivity contribution >= 4 is 38.3 Å². The van der Waals surface area contributed by atoms with E-state index < -0.39 is 16.6 Å². The highest BCUT2D eigenvalue weighted by atomic mass is 79.9. The van der Waals surface area contributed by atoms with E-state index in [1.54, 1.807) is 0 Å². The third kappa shape index (κ3) is 11.7. The summed E-state index contributed by atoms with van der Waals surface area (Å²) in [6.45, 7) is 30.2. The fraction of sp³-hybridized carbons (Fsp3) is 0.794. The highest BCUT2D eigenvalue weighted by Gasteiger charge is 2.41. The Morgan fingerprint density at radius 2 is 1.68 bits per heavy atom. The van der Waals surface area contributed by atoms with Crippen molar-refractivity contribution in [2.75, 3.05) is 6.61 Å². The number of unbranched alkanes of at least 4 members (excludes halogenated alkanes) is 2. The number of hydrogen-bond donors (Lipinski definition) is 0. The summed E-state index contributed by atoms with van der Waals surface area (Å²) in [7, 11) is -3.62. The third-order valence-corrected chi connectivity index (χ3v) is 19.3. The van der Waals surface area contributed by atoms with Gasteiger partial charge in [0, 0.05) is 25.4 Å². The second kappa shape index (κ2) is 15.9. The Morgan fingerprint density at radius 3 is 2.23 bits per heavy atom. The molecular weight excluding hydrogens is 592 g/mol. The number of ketones is 1. The van der Waals surface area contributed by atoms with Crippen LogP contribution in [0.4, 0.5) is 0 Å². The van der Waals surface area contributed by atoms with E-state index in [0.717, 1.165) is 43.2 Å². The van der Waals surface area contributed by atoms with Crippen LogP contribution in [0.25, 0.3) is 0 Å². The van der Waals surface area contributed by atoms with Crippen LogP contribution in [0.5, 0.6) is 0 Å². The van der Waals surface area contributed by atoms with Gasteiger partial charge in [0.1, 0.15) is 5.78 Å². The number of halogens is 1. The molecule has 0 aliphatic heterocycles. The number of carbonyl (C=O) groups is 1. The first-order valence-corrected chi connectivity index (χ1v) is 22.1. The number of Topliss-reactive ketones (excluding diaryl/α,β-unsaturated/α-hetero) is 1. The van der Waals surface area contributed by atoms with Crippen molar-refractivity contribution < 1.29 is 13.6 Å². The van der Waals surface area contributed by atoms with Gasteiger partial charge in [-0.25, -0.2) is 0 Å². The summed E-state index contributed by atoms with van der Waals surface area (Å²) in [4.78, 5) is 13.1. The van der Waals surface area contributed by atoms with Crippen molar-refractivity contribution in [1.29, 1.82) is 0 Å². The van der Waals surface area contributed by atoms with E-state index in [1.807, 2.05) is 6.92 Å². The van der Waals surface area contributed by atoms with Gasteiger partial charge in [0.2, 0.25) is 0 Å². The molecule has 0 saturated heterocycles. The molecular formula is C34H61BrO3Si2. The van der Waals surface area contributed by atoms with Gasteiger partial charge in [-0.2, -0.15) is 0 Å². The fourth-order valence-corrected chi connectivity index (χ4v) is 7.62. The Bertz CT molecular complexity index is 928. The second-order valence-corrected chi connectivity index (χ2v) is 25.7. The van der Waals surface area contributed by atoms with Gasteiger partial charge >= 0.3 is 0 Å². The van der Waals surface area contributed by atoms with Crippen LogP contribution in [0.1, 0.15) is 101 Å². The van der Waals surface area contributed by atoms with Crippen molar-refractivity contribution in [3.8, 4) is 11.8 Å². The lowest BCUT2D eigenvalue weighted by Gasteiger charge is -2.40. The Kier molecular flexibility index (Phi) is 14.9. The van der Waals surface area contributed by atoms with Crippen LogP contribution < -0.4 is 0 Å². The molecule has 0 heterocycles. The second-order valence-electron chi connectivity index (χ2n) is 15.1. The molecule has 230 valence electrons. The first-order chi connectivity index (χ1) is 18.2. The average Bonchev–Trinajstić information content (AvgIpc) is 3.07. The fourth-order valence-electron chi connectivity index (χ4n) is 4.61. The van der Waals surface area contributed by atoms with Crippen LogP contribution in [-0.2, 0) is 13.6 Å². The maximum absolute atomic E-state index is 13.1. The predicted octanol–water partition coefficient (Wildman–Crippen LogP) is 10.7. The van der Waals surface area contributed by atoms with Gasteiger partial charge in [-0.1, -0.05) is 89.5 Å². The van der Waals surface area contributed by atoms with Crippen molar-refractivity contribution in [3.05, 3.63) is 22.7 Å². The van der Waals surface area contributed by atoms with Crippen LogP contribution in [0.2, 0.25) is 36.3 Å². The van der Waals surface area contributed by atoms with Gasteiger partial charge in [-0.15, -0.1) is 11.8 Å². The lowest BCUT2D eigenvalue weighted by Crippen LogP contribution is -2.45. The minimum Gasteiger partial charge on any atom is -0.417 e. The Hall–Kier alpha value is -0.456. The summed E-state index contributed by atoms with van der Waals surface area (Å²) in [6.07, 6.45) is 12.3. The van der Waals surface area contributed by atoms with Gasteiger partial charge in [0.05, 0.1) is 6.10 Å². The molecule has 40 heavy (non-hydrogen) atoms. The van der Waals surface area contributed by atoms with E-state index in [0.29, 0.717) is 24.0 Å². The molecule has 1 saturated carbocycles. The van der Waals surface area contributed by atoms with Crippen LogP contribution in [0.15, 0.2) is 22.7 Å². The summed E-state index contributed by atoms with van der Waals surface area (Å²) < 4.78 is 14.4. The van der Waals surface area contributed by atoms with E-state index >= 15 is 0 Å². The zero-order valence-corrected chi connectivity index (χ0v) is 31.8. The SMILES string of the molecule is CC#CCC(C)[C@@H](/C=C/[C@H]1[C@H](C)CC(=O)[C@@H]1C/C(Br)=C/CCCCO[Si](C)(C)C(C)(C)C)O[Si](C)(C)C(C)(C)C. The largest absolute Gasteiger partial charge is 0.417 e. The lowest BCUT2D eigenvalue weighted by atomic mass is 9.86. The zero-order chi connectivity index (χ0) is 30.9. The standard InChI is InChI=1S/C34H61BrO3Si2/c1-14-15-19-26(2)32(38-40(12,13)34(7,8)9)22-21-29-27(3)24-31(36)30(29)25-28(35)20-17-16-18-23-37-39(10,11)33(4,5)6/h20-22,26-27,29-30,32H,16-19,23-25H2,1-13H3/b22-21+,28-20-/t26?,27-,29+,30-,32-/m1/s1. The summed E-state index contributed by atoms with van der Waals surface area (Å²) in [6, 6.07) is 0. The Balaban J connectivity index is 2.87. The van der Waals surface area contributed by atoms with Crippen LogP contribution >= 0.6 is 15.9 Å². The summed E-state index contributed by atoms with van der Waals surface area (Å²) in [5, 5.41) is 0.394. The molecule has 0 N–H and O–H groups in total. The van der Waals surface area contributed by atoms with Gasteiger partial charge in [-0.05, 0) is 91.1 Å². The normalized spacial score (nSPS) is 22.9. The molecule has 0 amide bonds. The number of allylic oxidation sites excluding steroid dienone is 3. The van der Waals surface area contributed by atoms with Crippen LogP contribution in [0.3, 0.4) is 0 Å². The molecule has 0 aromatic heterocycles. The molecule has 0 radical (unpaired) electrons. The Labute approximate surface area is 259 Å². The van der Waals surface area contributed by atoms with Gasteiger partial charge in [0.25, 0.3) is 0 Å². The molecule has 0 aromatic rings. The van der Waals surface area contributed by atoms with E-state index in [-0.39, 0.29) is 28.0 Å². The third-order valence-electron chi connectivity index (χ3n) is 9.63. The monoisotopic (exact) mass is 652 g/mol. The van der Waals surface area contributed by atoms with Gasteiger partial charge in [-0.3, -0.25) is 4.79 Å². The number of carbonyl (C=O) groups excluding carboxylic acids is 1. The van der Waals surface area contributed by atoms with Crippen molar-refractivity contribution in [3.63, 3.8) is 0 Å². The van der Waals surface area contributed by atoms with E-state index in [1.165, 1.54) is 0 Å². The first kappa shape index (κ1) is 37.6. The smallest absolute Gasteiger partial charge is 0.192 e.